The topological polar surface area (TPSA) is 71.6 Å². The van der Waals surface area contributed by atoms with Crippen molar-refractivity contribution in [2.75, 3.05) is 32.8 Å². The molecule has 0 spiro atoms. The molecule has 1 saturated carbocycles. The molecule has 0 aromatic carbocycles. The number of carbonyl (C=O) groups is 1. The first kappa shape index (κ1) is 23.3. The lowest BCUT2D eigenvalue weighted by Crippen LogP contribution is -2.42. The maximum absolute atomic E-state index is 11.9. The first-order valence-electron chi connectivity index (χ1n) is 10.1. The van der Waals surface area contributed by atoms with Crippen LogP contribution in [0.1, 0.15) is 73.6 Å². The molecule has 1 rings (SSSR count). The number of carbonyl (C=O) groups excluding carboxylic acids is 1. The second kappa shape index (κ2) is 10.6. The molecule has 0 atom stereocenters. The second-order valence-electron chi connectivity index (χ2n) is 9.27. The van der Waals surface area contributed by atoms with E-state index in [2.05, 4.69) is 57.5 Å². The summed E-state index contributed by atoms with van der Waals surface area (Å²) in [5.74, 6) is -0.404. The zero-order valence-corrected chi connectivity index (χ0v) is 17.8. The van der Waals surface area contributed by atoms with Crippen molar-refractivity contribution in [1.82, 2.24) is 16.0 Å². The molecule has 3 N–H and O–H groups in total. The zero-order chi connectivity index (χ0) is 19.7. The quantitative estimate of drug-likeness (QED) is 0.385. The fraction of sp³-hybridized carbons (Fsp3) is 0.950. The van der Waals surface area contributed by atoms with E-state index in [1.165, 1.54) is 0 Å². The molecule has 0 aromatic rings. The Bertz CT molecular complexity index is 408. The summed E-state index contributed by atoms with van der Waals surface area (Å²) in [7, 11) is 0. The highest BCUT2D eigenvalue weighted by molar-refractivity contribution is 5.76. The van der Waals surface area contributed by atoms with Crippen molar-refractivity contribution in [3.8, 4) is 0 Å². The van der Waals surface area contributed by atoms with Crippen LogP contribution in [-0.4, -0.2) is 55.6 Å². The third-order valence-corrected chi connectivity index (χ3v) is 4.28. The van der Waals surface area contributed by atoms with Crippen molar-refractivity contribution in [1.29, 1.82) is 0 Å². The van der Waals surface area contributed by atoms with Gasteiger partial charge in [-0.15, -0.1) is 0 Å². The Morgan fingerprint density at radius 2 is 1.35 bits per heavy atom. The van der Waals surface area contributed by atoms with Gasteiger partial charge >= 0.3 is 0 Å². The Hall–Kier alpha value is -0.690. The third-order valence-electron chi connectivity index (χ3n) is 4.28. The van der Waals surface area contributed by atoms with Crippen LogP contribution in [-0.2, 0) is 14.3 Å². The van der Waals surface area contributed by atoms with E-state index in [1.54, 1.807) is 0 Å². The van der Waals surface area contributed by atoms with E-state index in [4.69, 9.17) is 9.47 Å². The van der Waals surface area contributed by atoms with Crippen LogP contribution >= 0.6 is 0 Å². The summed E-state index contributed by atoms with van der Waals surface area (Å²) in [6.45, 7) is 15.9. The van der Waals surface area contributed by atoms with E-state index in [9.17, 15) is 4.79 Å². The molecule has 6 nitrogen and oxygen atoms in total. The standard InChI is InChI=1S/C20H41N3O3/c1-18(2,3)22-12-9-17(24)21-13-15-25-20(10-7-8-11-20)26-16-14-23-19(4,5)6/h22-23H,7-16H2,1-6H3,(H,21,24). The average Bonchev–Trinajstić information content (AvgIpc) is 2.95. The molecule has 0 aliphatic heterocycles. The molecule has 1 aliphatic rings. The molecule has 1 aliphatic carbocycles. The summed E-state index contributed by atoms with van der Waals surface area (Å²) in [5.41, 5.74) is 0.136. The fourth-order valence-electron chi connectivity index (χ4n) is 2.97. The highest BCUT2D eigenvalue weighted by atomic mass is 16.7. The van der Waals surface area contributed by atoms with Crippen LogP contribution in [0, 0.1) is 0 Å². The van der Waals surface area contributed by atoms with Gasteiger partial charge in [0.25, 0.3) is 0 Å². The van der Waals surface area contributed by atoms with E-state index in [0.29, 0.717) is 32.7 Å². The Labute approximate surface area is 160 Å². The van der Waals surface area contributed by atoms with E-state index >= 15 is 0 Å². The molecule has 0 saturated heterocycles. The highest BCUT2D eigenvalue weighted by Gasteiger charge is 2.35. The fourth-order valence-corrected chi connectivity index (χ4v) is 2.97. The molecule has 1 amide bonds. The SMILES string of the molecule is CC(C)(C)NCCOC1(OCCNC(=O)CCNC(C)(C)C)CCCC1. The maximum Gasteiger partial charge on any atom is 0.221 e. The number of nitrogens with one attached hydrogen (secondary N) is 3. The van der Waals surface area contributed by atoms with Crippen LogP contribution in [0.25, 0.3) is 0 Å². The summed E-state index contributed by atoms with van der Waals surface area (Å²) in [5, 5.41) is 9.67. The highest BCUT2D eigenvalue weighted by Crippen LogP contribution is 2.34. The van der Waals surface area contributed by atoms with Crippen molar-refractivity contribution in [3.63, 3.8) is 0 Å². The second-order valence-corrected chi connectivity index (χ2v) is 9.27. The predicted octanol–water partition coefficient (Wildman–Crippen LogP) is 2.57. The van der Waals surface area contributed by atoms with Crippen molar-refractivity contribution >= 4 is 5.91 Å². The first-order valence-corrected chi connectivity index (χ1v) is 10.1. The summed E-state index contributed by atoms with van der Waals surface area (Å²) < 4.78 is 12.1. The lowest BCUT2D eigenvalue weighted by atomic mass is 10.1. The first-order chi connectivity index (χ1) is 12.0. The Balaban J connectivity index is 2.20. The van der Waals surface area contributed by atoms with Crippen LogP contribution in [0.5, 0.6) is 0 Å². The minimum absolute atomic E-state index is 0.0391. The van der Waals surface area contributed by atoms with Gasteiger partial charge < -0.3 is 25.4 Å². The lowest BCUT2D eigenvalue weighted by Gasteiger charge is -2.30. The third kappa shape index (κ3) is 11.1. The Morgan fingerprint density at radius 3 is 1.88 bits per heavy atom. The number of hydrogen-bond acceptors (Lipinski definition) is 5. The van der Waals surface area contributed by atoms with Gasteiger partial charge in [0.15, 0.2) is 5.79 Å². The molecule has 0 unspecified atom stereocenters. The average molecular weight is 372 g/mol. The summed E-state index contributed by atoms with van der Waals surface area (Å²) in [4.78, 5) is 11.9. The van der Waals surface area contributed by atoms with Crippen molar-refractivity contribution in [3.05, 3.63) is 0 Å². The van der Waals surface area contributed by atoms with E-state index < -0.39 is 5.79 Å². The van der Waals surface area contributed by atoms with Crippen molar-refractivity contribution in [2.45, 2.75) is 90.5 Å². The molecule has 154 valence electrons. The molecule has 26 heavy (non-hydrogen) atoms. The van der Waals surface area contributed by atoms with Crippen LogP contribution < -0.4 is 16.0 Å². The number of rotatable bonds is 11. The molecule has 0 bridgehead atoms. The molecule has 1 fully saturated rings. The van der Waals surface area contributed by atoms with Gasteiger partial charge in [0.1, 0.15) is 0 Å². The lowest BCUT2D eigenvalue weighted by molar-refractivity contribution is -0.231. The van der Waals surface area contributed by atoms with E-state index in [0.717, 1.165) is 32.2 Å². The normalized spacial score (nSPS) is 17.5. The van der Waals surface area contributed by atoms with Crippen LogP contribution in [0.4, 0.5) is 0 Å². The van der Waals surface area contributed by atoms with Crippen LogP contribution in [0.3, 0.4) is 0 Å². The maximum atomic E-state index is 11.9. The van der Waals surface area contributed by atoms with Gasteiger partial charge in [-0.05, 0) is 54.4 Å². The summed E-state index contributed by atoms with van der Waals surface area (Å²) in [6.07, 6.45) is 4.63. The summed E-state index contributed by atoms with van der Waals surface area (Å²) >= 11 is 0. The predicted molar refractivity (Wildman–Crippen MR) is 106 cm³/mol. The molecule has 6 heteroatoms. The van der Waals surface area contributed by atoms with Crippen molar-refractivity contribution < 1.29 is 14.3 Å². The van der Waals surface area contributed by atoms with Crippen LogP contribution in [0.15, 0.2) is 0 Å². The van der Waals surface area contributed by atoms with Gasteiger partial charge in [-0.25, -0.2) is 0 Å². The number of amides is 1. The van der Waals surface area contributed by atoms with Gasteiger partial charge in [0.2, 0.25) is 5.91 Å². The van der Waals surface area contributed by atoms with Gasteiger partial charge in [-0.1, -0.05) is 0 Å². The van der Waals surface area contributed by atoms with Gasteiger partial charge in [0.05, 0.1) is 13.2 Å². The smallest absolute Gasteiger partial charge is 0.221 e. The van der Waals surface area contributed by atoms with Gasteiger partial charge in [-0.3, -0.25) is 4.79 Å². The van der Waals surface area contributed by atoms with Gasteiger partial charge in [0, 0.05) is 50.0 Å². The van der Waals surface area contributed by atoms with Gasteiger partial charge in [-0.2, -0.15) is 0 Å². The van der Waals surface area contributed by atoms with Crippen molar-refractivity contribution in [2.24, 2.45) is 0 Å². The van der Waals surface area contributed by atoms with E-state index in [1.807, 2.05) is 0 Å². The molecule has 0 radical (unpaired) electrons. The Kier molecular flexibility index (Phi) is 9.51. The number of ether oxygens (including phenoxy) is 2. The van der Waals surface area contributed by atoms with Crippen LogP contribution in [0.2, 0.25) is 0 Å². The summed E-state index contributed by atoms with van der Waals surface area (Å²) in [6, 6.07) is 0. The monoisotopic (exact) mass is 371 g/mol. The Morgan fingerprint density at radius 1 is 0.846 bits per heavy atom. The largest absolute Gasteiger partial charge is 0.354 e. The molecular weight excluding hydrogens is 330 g/mol. The minimum Gasteiger partial charge on any atom is -0.354 e. The number of hydrogen-bond donors (Lipinski definition) is 3. The molecule has 0 aromatic heterocycles. The molecule has 0 heterocycles. The van der Waals surface area contributed by atoms with E-state index in [-0.39, 0.29) is 17.0 Å². The molecular formula is C20H41N3O3. The zero-order valence-electron chi connectivity index (χ0n) is 17.8. The minimum atomic E-state index is -0.460.